The van der Waals surface area contributed by atoms with Crippen LogP contribution in [0.1, 0.15) is 27.2 Å². The summed E-state index contributed by atoms with van der Waals surface area (Å²) in [6.45, 7) is -13.3. The first-order valence-corrected chi connectivity index (χ1v) is 48.6. The number of carboxylic acids is 1. The molecule has 9 saturated heterocycles. The van der Waals surface area contributed by atoms with Crippen LogP contribution in [0.25, 0.3) is 0 Å². The summed E-state index contributed by atoms with van der Waals surface area (Å²) in [4.78, 5) is 104. The molecule has 9 aliphatic heterocycles. The summed E-state index contributed by atoms with van der Waals surface area (Å²) in [7, 11) is -23.6. The largest absolute Gasteiger partial charge is 0.481 e. The number of carboxylic acid groups (broad SMARTS) is 1. The molecular formula is C69H121N3O65P4. The highest BCUT2D eigenvalue weighted by Crippen LogP contribution is 2.62. The van der Waals surface area contributed by atoms with Crippen molar-refractivity contribution >= 4 is 55.1 Å². The Bertz CT molecular complexity index is 4130. The second kappa shape index (κ2) is 52.1. The third-order valence-corrected chi connectivity index (χ3v) is 27.2. The topological polar surface area (TPSA) is 1080 Å². The molecule has 51 atom stereocenters. The number of phosphoric acid groups is 4. The fourth-order valence-corrected chi connectivity index (χ4v) is 19.8. The molecule has 68 nitrogen and oxygen atoms in total. The van der Waals surface area contributed by atoms with Crippen molar-refractivity contribution < 1.29 is 317 Å². The van der Waals surface area contributed by atoms with Crippen molar-refractivity contribution in [1.82, 2.24) is 5.32 Å². The maximum absolute atomic E-state index is 14.0. The Kier molecular flexibility index (Phi) is 44.7. The van der Waals surface area contributed by atoms with E-state index in [-0.39, 0.29) is 0 Å². The number of ether oxygens (including phenoxy) is 19. The van der Waals surface area contributed by atoms with Gasteiger partial charge in [0.15, 0.2) is 68.6 Å². The number of aliphatic hydroxyl groups excluding tert-OH is 25. The summed E-state index contributed by atoms with van der Waals surface area (Å²) in [5, 5.41) is 308. The molecule has 0 bridgehead atoms. The summed E-state index contributed by atoms with van der Waals surface area (Å²) in [5.74, 6) is -10.2. The molecule has 3 unspecified atom stereocenters. The van der Waals surface area contributed by atoms with Crippen LogP contribution < -0.4 is 16.8 Å². The first kappa shape index (κ1) is 121. The van der Waals surface area contributed by atoms with Gasteiger partial charge in [-0.15, -0.1) is 0 Å². The molecule has 72 heteroatoms. The molecule has 9 fully saturated rings. The van der Waals surface area contributed by atoms with Crippen LogP contribution in [0.4, 0.5) is 0 Å². The van der Waals surface area contributed by atoms with Crippen molar-refractivity contribution in [2.45, 2.75) is 321 Å². The number of amides is 1. The molecule has 822 valence electrons. The summed E-state index contributed by atoms with van der Waals surface area (Å²) < 4.78 is 192. The molecule has 0 aromatic rings. The summed E-state index contributed by atoms with van der Waals surface area (Å²) in [6.07, 6.45) is -119. The van der Waals surface area contributed by atoms with Crippen molar-refractivity contribution in [3.63, 3.8) is 0 Å². The van der Waals surface area contributed by atoms with Gasteiger partial charge in [0.25, 0.3) is 5.79 Å². The average molecular weight is 2160 g/mol. The van der Waals surface area contributed by atoms with Gasteiger partial charge in [0.05, 0.1) is 72.7 Å². The molecule has 9 heterocycles. The minimum Gasteiger partial charge on any atom is -0.477 e. The Balaban J connectivity index is 1.12. The van der Waals surface area contributed by atoms with Crippen LogP contribution in [0.15, 0.2) is 0 Å². The lowest BCUT2D eigenvalue weighted by molar-refractivity contribution is -0.420. The first-order valence-electron chi connectivity index (χ1n) is 42.6. The van der Waals surface area contributed by atoms with Crippen molar-refractivity contribution in [3.8, 4) is 0 Å². The standard InChI is InChI=1S/C69H121N3O65P4/c1-18(81)72-31-34(89)32(87)25(12-76)118-60(31)129-54-33(88)26(13-77)119-64(44(54)99)126-50-28(15-79)120-61(40(95)37(50)92)125-49-27(14-78)121-62(41(96)38(49)93)133-59-56(117-20(3)83)42(97)46(21(84)9-73)123-67(59)132-58-43(98)55(47(22(85)10-74)124-66(58)128-52-24(135-141(111,112)137-140(109,110)114-7-5-71)8-69(103,68(101)102)134-48(52)23(86)11-75)130-65-45(100)57(53(116-19(2)82)30(122-65)17-115-138(104,105)106)131-63-39(94)35(90)36(91)51(127-63)29(16-80)136-139(107,108)113-6-4-70/h21-67,73-80,84-100,103H,4-17,70-71H2,1-3H3,(H,72,81)(H,101,102)(H,107,108)(H,109,110)(H,111,112)(H2,104,105,106)/t21-,22-,23+,24+,25+,26+,27+,28+,29-,30+,31+,32-,33-,34+,35-,36-,37+,38+,39-,40+,41+,42+,43-,44+,45+,46+,47+,48+,49+,50-,51+,52+,53+,54-,55-,56-,57+,58-,59-,60-,61-,62-,63+,64+,65-,66+,67+,69+/m0/s1. The van der Waals surface area contributed by atoms with Crippen molar-refractivity contribution in [2.75, 3.05) is 85.8 Å². The number of rotatable bonds is 47. The summed E-state index contributed by atoms with van der Waals surface area (Å²) >= 11 is 0. The zero-order valence-corrected chi connectivity index (χ0v) is 77.3. The highest BCUT2D eigenvalue weighted by molar-refractivity contribution is 7.61. The fraction of sp³-hybridized carbons (Fsp3) is 0.942. The number of hydrogen-bond acceptors (Lipinski definition) is 61. The molecule has 9 rings (SSSR count). The van der Waals surface area contributed by atoms with Crippen molar-refractivity contribution in [3.05, 3.63) is 0 Å². The Morgan fingerprint density at radius 2 is 0.801 bits per heavy atom. The molecule has 0 saturated carbocycles. The van der Waals surface area contributed by atoms with Crippen LogP contribution >= 0.6 is 31.3 Å². The van der Waals surface area contributed by atoms with Gasteiger partial charge in [-0.25, -0.2) is 23.1 Å². The highest BCUT2D eigenvalue weighted by Gasteiger charge is 2.66. The van der Waals surface area contributed by atoms with E-state index in [1.54, 1.807) is 0 Å². The molecule has 9 aliphatic rings. The van der Waals surface area contributed by atoms with Crippen LogP contribution in [-0.2, 0) is 154 Å². The Morgan fingerprint density at radius 1 is 0.383 bits per heavy atom. The predicted octanol–water partition coefficient (Wildman–Crippen LogP) is -21.0. The van der Waals surface area contributed by atoms with Gasteiger partial charge in [-0.1, -0.05) is 0 Å². The smallest absolute Gasteiger partial charge is 0.477 e. The van der Waals surface area contributed by atoms with E-state index in [2.05, 4.69) is 23.2 Å². The van der Waals surface area contributed by atoms with E-state index >= 15 is 0 Å². The van der Waals surface area contributed by atoms with Gasteiger partial charge >= 0.3 is 49.2 Å². The van der Waals surface area contributed by atoms with Crippen molar-refractivity contribution in [2.24, 2.45) is 11.5 Å². The van der Waals surface area contributed by atoms with E-state index < -0.39 is 441 Å². The van der Waals surface area contributed by atoms with Crippen LogP contribution in [0, 0.1) is 0 Å². The van der Waals surface area contributed by atoms with Gasteiger partial charge in [0, 0.05) is 40.3 Å². The molecule has 141 heavy (non-hydrogen) atoms. The molecule has 0 aromatic heterocycles. The Hall–Kier alpha value is -3.44. The van der Waals surface area contributed by atoms with Crippen LogP contribution in [0.5, 0.6) is 0 Å². The van der Waals surface area contributed by atoms with Crippen LogP contribution in [0.3, 0.4) is 0 Å². The number of phosphoric ester groups is 4. The van der Waals surface area contributed by atoms with E-state index in [1.165, 1.54) is 0 Å². The molecule has 1 amide bonds. The molecular weight excluding hydrogens is 2030 g/mol. The quantitative estimate of drug-likeness (QED) is 0.0199. The third-order valence-electron chi connectivity index (χ3n) is 23.0. The Labute approximate surface area is 793 Å². The molecule has 0 aliphatic carbocycles. The highest BCUT2D eigenvalue weighted by atomic mass is 31.3. The van der Waals surface area contributed by atoms with E-state index in [0.717, 1.165) is 6.92 Å². The number of carbonyl (C=O) groups is 4. The van der Waals surface area contributed by atoms with Gasteiger partial charge in [-0.2, -0.15) is 4.31 Å². The van der Waals surface area contributed by atoms with Gasteiger partial charge in [-0.05, 0) is 0 Å². The number of aliphatic carboxylic acids is 1. The number of esters is 2. The zero-order valence-electron chi connectivity index (χ0n) is 73.8. The van der Waals surface area contributed by atoms with E-state index in [0.29, 0.717) is 13.8 Å². The SMILES string of the molecule is CC(=O)N[C@H]1[C@H](O[C@H]2[C@@H](O)[C@@H](CO)O[C@H](O[C@@H]3[C@H](O)[C@@H](O)[C@H](O[C@H]4[C@H](O)[C@@H](O)[C@H](O[C@@H]5[C@@H](O[C@@H]6[C@@H](O[C@H]7[C@@H]([C@H](O)CO)O[C@@](O)(C(=O)O)C[C@H]7OP(=O)(O)OP(=O)(O)OCCN)O[C@H]([C@@H](O)CO)[C@@H](O[C@@H]7O[C@H](COP(=O)(O)O)[C@@H](OC(C)=O)[C@H](O[C@H]8O[C@H]([C@H](CO)OP(=O)(O)OCCN)[C@@H](O)[C@H](O)[C@@H]8O)[C@H]7O)[C@@H]6O)O[C@H]([C@@H](O)CO)[C@@H](O)[C@@H]5OC(C)=O)O[C@@H]4CO)O[C@@H]3CO)[C@@H]2O)O[C@H](CO)[C@H](O)[C@@H]1O. The number of hydrogen-bond donors (Lipinski definition) is 35. The van der Waals surface area contributed by atoms with Gasteiger partial charge in [0.2, 0.25) is 5.91 Å². The Morgan fingerprint density at radius 3 is 1.31 bits per heavy atom. The number of carbonyl (C=O) groups excluding carboxylic acids is 3. The van der Waals surface area contributed by atoms with E-state index in [9.17, 15) is 200 Å². The van der Waals surface area contributed by atoms with Crippen LogP contribution in [0.2, 0.25) is 0 Å². The molecule has 0 spiro atoms. The number of aliphatic hydroxyl groups is 26. The minimum atomic E-state index is -6.51. The fourth-order valence-electron chi connectivity index (χ4n) is 16.3. The predicted molar refractivity (Wildman–Crippen MR) is 426 cm³/mol. The molecule has 0 radical (unpaired) electrons. The zero-order chi connectivity index (χ0) is 105. The minimum absolute atomic E-state index is 0.426. The average Bonchev–Trinajstić information content (AvgIpc) is 0.746. The third kappa shape index (κ3) is 29.7. The molecule has 37 N–H and O–H groups in total. The summed E-state index contributed by atoms with van der Waals surface area (Å²) in [6, 6.07) is -1.72. The lowest BCUT2D eigenvalue weighted by atomic mass is 9.91. The van der Waals surface area contributed by atoms with Crippen molar-refractivity contribution in [1.29, 1.82) is 0 Å². The maximum atomic E-state index is 14.0. The van der Waals surface area contributed by atoms with E-state index in [4.69, 9.17) is 111 Å². The summed E-state index contributed by atoms with van der Waals surface area (Å²) in [5.41, 5.74) is 10.7. The van der Waals surface area contributed by atoms with E-state index in [1.807, 2.05) is 0 Å². The van der Waals surface area contributed by atoms with Crippen LogP contribution in [-0.4, -0.2) is 566 Å². The first-order chi connectivity index (χ1) is 66.0. The maximum Gasteiger partial charge on any atom is 0.481 e. The molecule has 0 aromatic carbocycles. The second-order valence-corrected chi connectivity index (χ2v) is 38.7. The monoisotopic (exact) mass is 2160 g/mol. The normalized spacial score (nSPS) is 43.8. The lowest BCUT2D eigenvalue weighted by Gasteiger charge is -2.53. The number of nitrogens with two attached hydrogens (primary N) is 2. The second-order valence-electron chi connectivity index (χ2n) is 33.0. The van der Waals surface area contributed by atoms with Gasteiger partial charge in [0.1, 0.15) is 220 Å². The number of nitrogens with one attached hydrogen (secondary N) is 1. The lowest BCUT2D eigenvalue weighted by Crippen LogP contribution is -2.71. The van der Waals surface area contributed by atoms with Gasteiger partial charge < -0.3 is 269 Å². The van der Waals surface area contributed by atoms with Gasteiger partial charge in [-0.3, -0.25) is 37.0 Å².